The summed E-state index contributed by atoms with van der Waals surface area (Å²) >= 11 is 0. The van der Waals surface area contributed by atoms with E-state index in [1.165, 1.54) is 16.7 Å². The number of aryl methyl sites for hydroxylation is 2. The van der Waals surface area contributed by atoms with Crippen molar-refractivity contribution in [2.24, 2.45) is 0 Å². The van der Waals surface area contributed by atoms with Gasteiger partial charge in [0.2, 0.25) is 5.91 Å². The monoisotopic (exact) mass is 310 g/mol. The minimum atomic E-state index is 0.0379. The van der Waals surface area contributed by atoms with E-state index in [-0.39, 0.29) is 5.91 Å². The Balaban J connectivity index is 1.90. The van der Waals surface area contributed by atoms with E-state index in [0.29, 0.717) is 18.9 Å². The van der Waals surface area contributed by atoms with Crippen LogP contribution in [0.3, 0.4) is 0 Å². The molecule has 2 rings (SSSR count). The van der Waals surface area contributed by atoms with Crippen LogP contribution in [0.5, 0.6) is 0 Å². The maximum Gasteiger partial charge on any atom is 0.226 e. The molecule has 0 radical (unpaired) electrons. The topological polar surface area (TPSA) is 41.1 Å². The lowest BCUT2D eigenvalue weighted by Gasteiger charge is -2.14. The maximum atomic E-state index is 12.2. The number of para-hydroxylation sites is 1. The summed E-state index contributed by atoms with van der Waals surface area (Å²) in [6.07, 6.45) is 0.444. The molecule has 0 aromatic heterocycles. The van der Waals surface area contributed by atoms with E-state index in [9.17, 15) is 4.79 Å². The maximum absolute atomic E-state index is 12.2. The third-order valence-corrected chi connectivity index (χ3v) is 3.92. The van der Waals surface area contributed by atoms with Crippen LogP contribution in [0, 0.1) is 13.8 Å². The van der Waals surface area contributed by atoms with Crippen LogP contribution in [0.25, 0.3) is 0 Å². The summed E-state index contributed by atoms with van der Waals surface area (Å²) in [6.45, 7) is 9.03. The highest BCUT2D eigenvalue weighted by atomic mass is 16.1. The molecule has 0 aliphatic carbocycles. The van der Waals surface area contributed by atoms with Crippen molar-refractivity contribution in [3.63, 3.8) is 0 Å². The quantitative estimate of drug-likeness (QED) is 0.799. The van der Waals surface area contributed by atoms with Crippen molar-refractivity contribution in [1.82, 2.24) is 0 Å². The van der Waals surface area contributed by atoms with Crippen LogP contribution in [-0.2, 0) is 4.79 Å². The predicted molar refractivity (Wildman–Crippen MR) is 98.2 cm³/mol. The summed E-state index contributed by atoms with van der Waals surface area (Å²) in [7, 11) is 0. The highest BCUT2D eigenvalue weighted by Crippen LogP contribution is 2.23. The number of hydrogen-bond acceptors (Lipinski definition) is 2. The Morgan fingerprint density at radius 1 is 1.04 bits per heavy atom. The van der Waals surface area contributed by atoms with Crippen molar-refractivity contribution in [2.45, 2.75) is 40.0 Å². The second-order valence-corrected chi connectivity index (χ2v) is 6.29. The lowest BCUT2D eigenvalue weighted by molar-refractivity contribution is -0.115. The van der Waals surface area contributed by atoms with Crippen LogP contribution < -0.4 is 10.6 Å². The fourth-order valence-corrected chi connectivity index (χ4v) is 2.56. The molecule has 3 nitrogen and oxygen atoms in total. The van der Waals surface area contributed by atoms with E-state index in [1.54, 1.807) is 0 Å². The first-order chi connectivity index (χ1) is 11.0. The van der Waals surface area contributed by atoms with Gasteiger partial charge in [0.25, 0.3) is 0 Å². The van der Waals surface area contributed by atoms with Gasteiger partial charge in [0, 0.05) is 24.3 Å². The zero-order valence-corrected chi connectivity index (χ0v) is 14.4. The van der Waals surface area contributed by atoms with Gasteiger partial charge in [0.1, 0.15) is 0 Å². The van der Waals surface area contributed by atoms with Gasteiger partial charge in [-0.15, -0.1) is 0 Å². The second kappa shape index (κ2) is 7.82. The minimum Gasteiger partial charge on any atom is -0.384 e. The van der Waals surface area contributed by atoms with Gasteiger partial charge in [-0.25, -0.2) is 0 Å². The molecule has 2 aromatic carbocycles. The Kier molecular flexibility index (Phi) is 5.80. The van der Waals surface area contributed by atoms with Gasteiger partial charge in [-0.1, -0.05) is 44.2 Å². The van der Waals surface area contributed by atoms with Crippen LogP contribution in [-0.4, -0.2) is 12.5 Å². The van der Waals surface area contributed by atoms with Crippen molar-refractivity contribution in [3.05, 3.63) is 59.2 Å². The molecule has 0 saturated heterocycles. The molecule has 122 valence electrons. The van der Waals surface area contributed by atoms with Crippen molar-refractivity contribution < 1.29 is 4.79 Å². The van der Waals surface area contributed by atoms with Crippen molar-refractivity contribution in [1.29, 1.82) is 0 Å². The number of carbonyl (C=O) groups excluding carboxylic acids is 1. The Bertz CT molecular complexity index is 677. The van der Waals surface area contributed by atoms with Gasteiger partial charge in [-0.05, 0) is 48.6 Å². The molecule has 0 aliphatic rings. The highest BCUT2D eigenvalue weighted by molar-refractivity contribution is 5.91. The van der Waals surface area contributed by atoms with Crippen molar-refractivity contribution in [3.8, 4) is 0 Å². The number of rotatable bonds is 6. The molecule has 0 fully saturated rings. The van der Waals surface area contributed by atoms with Gasteiger partial charge in [-0.3, -0.25) is 4.79 Å². The molecule has 0 saturated carbocycles. The fraction of sp³-hybridized carbons (Fsp3) is 0.350. The molecule has 0 unspecified atom stereocenters. The van der Waals surface area contributed by atoms with Crippen LogP contribution in [0.15, 0.2) is 42.5 Å². The molecule has 1 amide bonds. The van der Waals surface area contributed by atoms with E-state index < -0.39 is 0 Å². The van der Waals surface area contributed by atoms with Crippen molar-refractivity contribution >= 4 is 17.3 Å². The average molecular weight is 310 g/mol. The molecule has 0 spiro atoms. The lowest BCUT2D eigenvalue weighted by atomic mass is 10.0. The standard InChI is InChI=1S/C20H26N2O/c1-14(2)17-7-5-6-8-18(17)22-20(23)11-12-21-19-13-15(3)9-10-16(19)4/h5-10,13-14,21H,11-12H2,1-4H3,(H,22,23). The number of carbonyl (C=O) groups is 1. The second-order valence-electron chi connectivity index (χ2n) is 6.29. The van der Waals surface area contributed by atoms with Crippen molar-refractivity contribution in [2.75, 3.05) is 17.2 Å². The number of anilines is 2. The summed E-state index contributed by atoms with van der Waals surface area (Å²) in [5, 5.41) is 6.37. The third-order valence-electron chi connectivity index (χ3n) is 3.92. The summed E-state index contributed by atoms with van der Waals surface area (Å²) < 4.78 is 0. The third kappa shape index (κ3) is 4.85. The molecule has 0 heterocycles. The van der Waals surface area contributed by atoms with Gasteiger partial charge in [0.05, 0.1) is 0 Å². The smallest absolute Gasteiger partial charge is 0.226 e. The van der Waals surface area contributed by atoms with E-state index >= 15 is 0 Å². The Morgan fingerprint density at radius 2 is 1.78 bits per heavy atom. The molecule has 2 aromatic rings. The van der Waals surface area contributed by atoms with E-state index in [4.69, 9.17) is 0 Å². The summed E-state index contributed by atoms with van der Waals surface area (Å²) in [6, 6.07) is 14.3. The molecular formula is C20H26N2O. The van der Waals surface area contributed by atoms with E-state index in [0.717, 1.165) is 11.4 Å². The zero-order valence-electron chi connectivity index (χ0n) is 14.4. The lowest BCUT2D eigenvalue weighted by Crippen LogP contribution is -2.17. The van der Waals surface area contributed by atoms with E-state index in [2.05, 4.69) is 62.6 Å². The Morgan fingerprint density at radius 3 is 2.52 bits per heavy atom. The van der Waals surface area contributed by atoms with Crippen LogP contribution in [0.4, 0.5) is 11.4 Å². The number of benzene rings is 2. The van der Waals surface area contributed by atoms with Gasteiger partial charge in [-0.2, -0.15) is 0 Å². The molecule has 0 bridgehead atoms. The summed E-state index contributed by atoms with van der Waals surface area (Å²) in [5.74, 6) is 0.426. The first-order valence-corrected chi connectivity index (χ1v) is 8.17. The minimum absolute atomic E-state index is 0.0379. The fourth-order valence-electron chi connectivity index (χ4n) is 2.56. The largest absolute Gasteiger partial charge is 0.384 e. The first-order valence-electron chi connectivity index (χ1n) is 8.17. The predicted octanol–water partition coefficient (Wildman–Crippen LogP) is 4.87. The molecule has 0 aliphatic heterocycles. The van der Waals surface area contributed by atoms with Gasteiger partial charge >= 0.3 is 0 Å². The molecule has 2 N–H and O–H groups in total. The average Bonchev–Trinajstić information content (AvgIpc) is 2.51. The summed E-state index contributed by atoms with van der Waals surface area (Å²) in [5.41, 5.74) is 5.59. The van der Waals surface area contributed by atoms with Crippen LogP contribution in [0.1, 0.15) is 42.9 Å². The molecular weight excluding hydrogens is 284 g/mol. The van der Waals surface area contributed by atoms with Gasteiger partial charge < -0.3 is 10.6 Å². The number of amides is 1. The molecule has 0 atom stereocenters. The number of hydrogen-bond donors (Lipinski definition) is 2. The van der Waals surface area contributed by atoms with Crippen LogP contribution >= 0.6 is 0 Å². The van der Waals surface area contributed by atoms with E-state index in [1.807, 2.05) is 18.2 Å². The highest BCUT2D eigenvalue weighted by Gasteiger charge is 2.09. The van der Waals surface area contributed by atoms with Crippen LogP contribution in [0.2, 0.25) is 0 Å². The zero-order chi connectivity index (χ0) is 16.8. The molecule has 3 heteroatoms. The Labute approximate surface area is 139 Å². The Hall–Kier alpha value is -2.29. The SMILES string of the molecule is Cc1ccc(C)c(NCCC(=O)Nc2ccccc2C(C)C)c1. The first kappa shape index (κ1) is 17.1. The van der Waals surface area contributed by atoms with Gasteiger partial charge in [0.15, 0.2) is 0 Å². The normalized spacial score (nSPS) is 10.7. The number of nitrogens with one attached hydrogen (secondary N) is 2. The molecule has 23 heavy (non-hydrogen) atoms. The summed E-state index contributed by atoms with van der Waals surface area (Å²) in [4.78, 5) is 12.2.